The summed E-state index contributed by atoms with van der Waals surface area (Å²) >= 11 is 1.40. The van der Waals surface area contributed by atoms with E-state index in [1.807, 2.05) is 43.3 Å². The lowest BCUT2D eigenvalue weighted by Crippen LogP contribution is -2.24. The van der Waals surface area contributed by atoms with Crippen LogP contribution in [0.5, 0.6) is 11.5 Å². The Morgan fingerprint density at radius 2 is 1.83 bits per heavy atom. The fraction of sp³-hybridized carbons (Fsp3) is 0.273. The highest BCUT2D eigenvalue weighted by Gasteiger charge is 2.11. The number of aromatic nitrogens is 2. The molecule has 7 heteroatoms. The van der Waals surface area contributed by atoms with Crippen molar-refractivity contribution >= 4 is 17.7 Å². The number of benzene rings is 2. The van der Waals surface area contributed by atoms with Gasteiger partial charge in [0.05, 0.1) is 25.7 Å². The van der Waals surface area contributed by atoms with E-state index in [1.54, 1.807) is 14.2 Å². The molecule has 1 aromatic heterocycles. The topological polar surface area (TPSA) is 76.2 Å². The summed E-state index contributed by atoms with van der Waals surface area (Å²) in [4.78, 5) is 20.1. The Hall–Kier alpha value is -2.93. The number of H-pyrrole nitrogens is 1. The monoisotopic (exact) mass is 411 g/mol. The Balaban J connectivity index is 1.50. The van der Waals surface area contributed by atoms with Gasteiger partial charge in [-0.05, 0) is 30.2 Å². The summed E-state index contributed by atoms with van der Waals surface area (Å²) in [5.74, 6) is 1.55. The van der Waals surface area contributed by atoms with Crippen LogP contribution in [0.15, 0.2) is 53.7 Å². The zero-order chi connectivity index (χ0) is 20.6. The summed E-state index contributed by atoms with van der Waals surface area (Å²) in [6.45, 7) is 2.43. The first-order valence-corrected chi connectivity index (χ1v) is 10.3. The molecule has 3 aromatic rings. The van der Waals surface area contributed by atoms with Crippen LogP contribution in [-0.4, -0.2) is 35.8 Å². The maximum absolute atomic E-state index is 12.2. The van der Waals surface area contributed by atoms with Gasteiger partial charge in [0.2, 0.25) is 5.91 Å². The van der Waals surface area contributed by atoms with E-state index in [1.165, 1.54) is 17.3 Å². The van der Waals surface area contributed by atoms with Crippen molar-refractivity contribution in [1.82, 2.24) is 15.3 Å². The predicted molar refractivity (Wildman–Crippen MR) is 115 cm³/mol. The highest BCUT2D eigenvalue weighted by molar-refractivity contribution is 7.99. The average Bonchev–Trinajstić information content (AvgIpc) is 3.10. The van der Waals surface area contributed by atoms with Crippen molar-refractivity contribution in [2.24, 2.45) is 0 Å². The fourth-order valence-electron chi connectivity index (χ4n) is 2.87. The number of ether oxygens (including phenoxy) is 2. The minimum atomic E-state index is -0.0524. The molecule has 0 radical (unpaired) electrons. The second-order valence-corrected chi connectivity index (χ2v) is 7.49. The maximum atomic E-state index is 12.2. The first-order valence-electron chi connectivity index (χ1n) is 9.29. The van der Waals surface area contributed by atoms with Crippen LogP contribution in [0.2, 0.25) is 0 Å². The molecular formula is C22H25N3O3S. The molecule has 0 saturated heterocycles. The van der Waals surface area contributed by atoms with Crippen LogP contribution in [0.1, 0.15) is 22.5 Å². The number of nitrogens with zero attached hydrogens (tertiary/aromatic N) is 1. The molecule has 2 N–H and O–H groups in total. The molecule has 0 spiro atoms. The van der Waals surface area contributed by atoms with Crippen LogP contribution in [0.25, 0.3) is 0 Å². The number of aryl methyl sites for hydroxylation is 1. The highest BCUT2D eigenvalue weighted by Crippen LogP contribution is 2.27. The molecule has 0 aliphatic heterocycles. The van der Waals surface area contributed by atoms with E-state index in [2.05, 4.69) is 27.4 Å². The van der Waals surface area contributed by atoms with Crippen molar-refractivity contribution in [1.29, 1.82) is 0 Å². The molecule has 3 rings (SSSR count). The normalized spacial score (nSPS) is 10.6. The van der Waals surface area contributed by atoms with Gasteiger partial charge in [-0.1, -0.05) is 48.2 Å². The van der Waals surface area contributed by atoms with Gasteiger partial charge in [0.15, 0.2) is 16.7 Å². The van der Waals surface area contributed by atoms with Gasteiger partial charge in [0, 0.05) is 18.7 Å². The van der Waals surface area contributed by atoms with Crippen LogP contribution in [0, 0.1) is 6.92 Å². The smallest absolute Gasteiger partial charge is 0.230 e. The summed E-state index contributed by atoms with van der Waals surface area (Å²) < 4.78 is 10.5. The predicted octanol–water partition coefficient (Wildman–Crippen LogP) is 3.73. The molecule has 6 nitrogen and oxygen atoms in total. The summed E-state index contributed by atoms with van der Waals surface area (Å²) in [7, 11) is 3.19. The minimum absolute atomic E-state index is 0.0524. The van der Waals surface area contributed by atoms with Gasteiger partial charge in [-0.2, -0.15) is 0 Å². The SMILES string of the molecule is COc1ccc(CNC(=O)CSc2nc(Cc3ccccc3)c(C)[nH]2)cc1OC. The molecule has 152 valence electrons. The molecule has 0 bridgehead atoms. The summed E-state index contributed by atoms with van der Waals surface area (Å²) in [5.41, 5.74) is 4.19. The van der Waals surface area contributed by atoms with E-state index in [0.717, 1.165) is 28.5 Å². The molecule has 0 fully saturated rings. The van der Waals surface area contributed by atoms with E-state index in [0.29, 0.717) is 23.8 Å². The van der Waals surface area contributed by atoms with E-state index >= 15 is 0 Å². The molecule has 1 amide bonds. The lowest BCUT2D eigenvalue weighted by Gasteiger charge is -2.10. The van der Waals surface area contributed by atoms with Gasteiger partial charge in [-0.3, -0.25) is 4.79 Å². The van der Waals surface area contributed by atoms with Crippen molar-refractivity contribution in [3.05, 3.63) is 71.0 Å². The summed E-state index contributed by atoms with van der Waals surface area (Å²) in [6.07, 6.45) is 0.773. The number of rotatable bonds is 9. The zero-order valence-corrected chi connectivity index (χ0v) is 17.6. The second kappa shape index (κ2) is 10.0. The number of nitrogens with one attached hydrogen (secondary N) is 2. The number of carbonyl (C=O) groups excluding carboxylic acids is 1. The molecule has 0 unspecified atom stereocenters. The van der Waals surface area contributed by atoms with Crippen molar-refractivity contribution < 1.29 is 14.3 Å². The number of amides is 1. The number of hydrogen-bond acceptors (Lipinski definition) is 5. The Kier molecular flexibility index (Phi) is 7.19. The van der Waals surface area contributed by atoms with E-state index in [-0.39, 0.29) is 5.91 Å². The van der Waals surface area contributed by atoms with Crippen molar-refractivity contribution in [2.45, 2.75) is 25.0 Å². The number of aromatic amines is 1. The van der Waals surface area contributed by atoms with Crippen LogP contribution in [-0.2, 0) is 17.8 Å². The largest absolute Gasteiger partial charge is 0.493 e. The Morgan fingerprint density at radius 1 is 1.07 bits per heavy atom. The first-order chi connectivity index (χ1) is 14.1. The summed E-state index contributed by atoms with van der Waals surface area (Å²) in [6, 6.07) is 15.8. The van der Waals surface area contributed by atoms with Crippen molar-refractivity contribution in [3.8, 4) is 11.5 Å². The number of carbonyl (C=O) groups is 1. The van der Waals surface area contributed by atoms with Gasteiger partial charge in [0.1, 0.15) is 0 Å². The van der Waals surface area contributed by atoms with Gasteiger partial charge in [-0.25, -0.2) is 4.98 Å². The van der Waals surface area contributed by atoms with E-state index in [4.69, 9.17) is 9.47 Å². The number of thioether (sulfide) groups is 1. The lowest BCUT2D eigenvalue weighted by atomic mass is 10.1. The maximum Gasteiger partial charge on any atom is 0.230 e. The van der Waals surface area contributed by atoms with Crippen LogP contribution < -0.4 is 14.8 Å². The first kappa shape index (κ1) is 20.8. The molecule has 1 heterocycles. The standard InChI is InChI=1S/C22H25N3O3S/c1-15-18(11-16-7-5-4-6-8-16)25-22(24-15)29-14-21(26)23-13-17-9-10-19(27-2)20(12-17)28-3/h4-10,12H,11,13-14H2,1-3H3,(H,23,26)(H,24,25). The lowest BCUT2D eigenvalue weighted by molar-refractivity contribution is -0.118. The molecule has 2 aromatic carbocycles. The average molecular weight is 412 g/mol. The Labute approximate surface area is 175 Å². The molecular weight excluding hydrogens is 386 g/mol. The molecule has 0 aliphatic carbocycles. The Bertz CT molecular complexity index is 957. The van der Waals surface area contributed by atoms with Crippen molar-refractivity contribution in [2.75, 3.05) is 20.0 Å². The minimum Gasteiger partial charge on any atom is -0.493 e. The number of methoxy groups -OCH3 is 2. The third-order valence-electron chi connectivity index (χ3n) is 4.46. The zero-order valence-electron chi connectivity index (χ0n) is 16.8. The number of imidazole rings is 1. The van der Waals surface area contributed by atoms with Gasteiger partial charge < -0.3 is 19.8 Å². The van der Waals surface area contributed by atoms with Crippen LogP contribution in [0.3, 0.4) is 0 Å². The fourth-order valence-corrected chi connectivity index (χ4v) is 3.64. The Morgan fingerprint density at radius 3 is 2.55 bits per heavy atom. The van der Waals surface area contributed by atoms with Crippen LogP contribution >= 0.6 is 11.8 Å². The van der Waals surface area contributed by atoms with E-state index < -0.39 is 0 Å². The molecule has 0 atom stereocenters. The molecule has 0 saturated carbocycles. The highest BCUT2D eigenvalue weighted by atomic mass is 32.2. The molecule has 0 aliphatic rings. The van der Waals surface area contributed by atoms with Gasteiger partial charge in [-0.15, -0.1) is 0 Å². The van der Waals surface area contributed by atoms with E-state index in [9.17, 15) is 4.79 Å². The summed E-state index contributed by atoms with van der Waals surface area (Å²) in [5, 5.41) is 3.68. The van der Waals surface area contributed by atoms with Crippen molar-refractivity contribution in [3.63, 3.8) is 0 Å². The molecule has 29 heavy (non-hydrogen) atoms. The number of hydrogen-bond donors (Lipinski definition) is 2. The third-order valence-corrected chi connectivity index (χ3v) is 5.33. The second-order valence-electron chi connectivity index (χ2n) is 6.53. The van der Waals surface area contributed by atoms with Crippen LogP contribution in [0.4, 0.5) is 0 Å². The van der Waals surface area contributed by atoms with Gasteiger partial charge in [0.25, 0.3) is 0 Å². The quantitative estimate of drug-likeness (QED) is 0.525. The van der Waals surface area contributed by atoms with Gasteiger partial charge >= 0.3 is 0 Å². The third kappa shape index (κ3) is 5.77.